The second-order valence-electron chi connectivity index (χ2n) is 4.28. The van der Waals surface area contributed by atoms with Crippen molar-refractivity contribution < 1.29 is 0 Å². The lowest BCUT2D eigenvalue weighted by molar-refractivity contribution is 1.08. The maximum absolute atomic E-state index is 8.98. The molecule has 0 radical (unpaired) electrons. The number of hydrogen-bond acceptors (Lipinski definition) is 2. The predicted octanol–water partition coefficient (Wildman–Crippen LogP) is 4.17. The Morgan fingerprint density at radius 1 is 1.10 bits per heavy atom. The molecular formula is C16H10BrN3. The highest BCUT2D eigenvalue weighted by molar-refractivity contribution is 9.10. The summed E-state index contributed by atoms with van der Waals surface area (Å²) in [4.78, 5) is 4.04. The van der Waals surface area contributed by atoms with Gasteiger partial charge in [0, 0.05) is 34.3 Å². The molecule has 0 unspecified atom stereocenters. The maximum atomic E-state index is 8.98. The van der Waals surface area contributed by atoms with Crippen LogP contribution in [0.1, 0.15) is 5.56 Å². The van der Waals surface area contributed by atoms with Gasteiger partial charge in [-0.3, -0.25) is 4.98 Å². The summed E-state index contributed by atoms with van der Waals surface area (Å²) in [6.45, 7) is 0. The van der Waals surface area contributed by atoms with Crippen LogP contribution in [-0.4, -0.2) is 9.55 Å². The Morgan fingerprint density at radius 2 is 1.90 bits per heavy atom. The highest BCUT2D eigenvalue weighted by Gasteiger charge is 2.07. The fourth-order valence-corrected chi connectivity index (χ4v) is 2.56. The Kier molecular flexibility index (Phi) is 3.36. The van der Waals surface area contributed by atoms with Crippen LogP contribution in [0.5, 0.6) is 0 Å². The largest absolute Gasteiger partial charge is 0.317 e. The van der Waals surface area contributed by atoms with E-state index in [-0.39, 0.29) is 0 Å². The van der Waals surface area contributed by atoms with E-state index in [2.05, 4.69) is 37.6 Å². The zero-order valence-electron chi connectivity index (χ0n) is 10.5. The minimum absolute atomic E-state index is 0.631. The number of rotatable bonds is 2. The molecule has 96 valence electrons. The molecule has 3 rings (SSSR count). The van der Waals surface area contributed by atoms with Crippen LogP contribution >= 0.6 is 15.9 Å². The summed E-state index contributed by atoms with van der Waals surface area (Å²) in [6, 6.07) is 15.9. The molecule has 0 N–H and O–H groups in total. The number of benzene rings is 1. The Hall–Kier alpha value is -2.38. The lowest BCUT2D eigenvalue weighted by Crippen LogP contribution is -1.95. The zero-order chi connectivity index (χ0) is 13.9. The van der Waals surface area contributed by atoms with Crippen LogP contribution in [0, 0.1) is 11.3 Å². The standard InChI is InChI=1S/C16H10BrN3/c17-15-10-14(4-3-13(15)11-18)20-9-1-2-16(20)12-5-7-19-8-6-12/h1-10H. The topological polar surface area (TPSA) is 41.6 Å². The van der Waals surface area contributed by atoms with Crippen molar-refractivity contribution in [3.8, 4) is 23.0 Å². The second-order valence-corrected chi connectivity index (χ2v) is 5.13. The van der Waals surface area contributed by atoms with Crippen molar-refractivity contribution in [1.29, 1.82) is 5.26 Å². The van der Waals surface area contributed by atoms with Gasteiger partial charge in [0.2, 0.25) is 0 Å². The summed E-state index contributed by atoms with van der Waals surface area (Å²) in [5, 5.41) is 8.98. The number of hydrogen-bond donors (Lipinski definition) is 0. The number of pyridine rings is 1. The van der Waals surface area contributed by atoms with Gasteiger partial charge in [-0.15, -0.1) is 0 Å². The van der Waals surface area contributed by atoms with Gasteiger partial charge in [-0.05, 0) is 58.4 Å². The molecule has 0 aliphatic rings. The Bertz CT molecular complexity index is 785. The van der Waals surface area contributed by atoms with Gasteiger partial charge in [-0.1, -0.05) is 0 Å². The third kappa shape index (κ3) is 2.24. The average Bonchev–Trinajstić information content (AvgIpc) is 2.97. The Morgan fingerprint density at radius 3 is 2.60 bits per heavy atom. The van der Waals surface area contributed by atoms with Crippen molar-refractivity contribution in [2.75, 3.05) is 0 Å². The van der Waals surface area contributed by atoms with E-state index in [0.29, 0.717) is 5.56 Å². The smallest absolute Gasteiger partial charge is 0.100 e. The second kappa shape index (κ2) is 5.32. The fourth-order valence-electron chi connectivity index (χ4n) is 2.11. The van der Waals surface area contributed by atoms with Crippen LogP contribution in [0.2, 0.25) is 0 Å². The first-order valence-electron chi connectivity index (χ1n) is 6.07. The highest BCUT2D eigenvalue weighted by Crippen LogP contribution is 2.26. The van der Waals surface area contributed by atoms with E-state index in [1.54, 1.807) is 12.4 Å². The molecule has 0 aliphatic heterocycles. The number of halogens is 1. The molecule has 2 aromatic heterocycles. The summed E-state index contributed by atoms with van der Waals surface area (Å²) in [5.74, 6) is 0. The van der Waals surface area contributed by atoms with Crippen LogP contribution in [0.3, 0.4) is 0 Å². The van der Waals surface area contributed by atoms with Crippen LogP contribution in [-0.2, 0) is 0 Å². The molecule has 3 nitrogen and oxygen atoms in total. The van der Waals surface area contributed by atoms with E-state index in [1.807, 2.05) is 42.6 Å². The van der Waals surface area contributed by atoms with Crippen LogP contribution in [0.15, 0.2) is 65.5 Å². The number of nitriles is 1. The first-order valence-corrected chi connectivity index (χ1v) is 6.86. The summed E-state index contributed by atoms with van der Waals surface area (Å²) in [7, 11) is 0. The SMILES string of the molecule is N#Cc1ccc(-n2cccc2-c2ccncc2)cc1Br. The van der Waals surface area contributed by atoms with Crippen LogP contribution in [0.4, 0.5) is 0 Å². The molecular weight excluding hydrogens is 314 g/mol. The minimum Gasteiger partial charge on any atom is -0.317 e. The molecule has 4 heteroatoms. The summed E-state index contributed by atoms with van der Waals surface area (Å²) in [5.41, 5.74) is 3.83. The predicted molar refractivity (Wildman–Crippen MR) is 81.4 cm³/mol. The van der Waals surface area contributed by atoms with Gasteiger partial charge < -0.3 is 4.57 Å². The zero-order valence-corrected chi connectivity index (χ0v) is 12.1. The lowest BCUT2D eigenvalue weighted by Gasteiger charge is -2.10. The molecule has 0 fully saturated rings. The van der Waals surface area contributed by atoms with Crippen molar-refractivity contribution in [3.63, 3.8) is 0 Å². The monoisotopic (exact) mass is 323 g/mol. The molecule has 0 saturated carbocycles. The summed E-state index contributed by atoms with van der Waals surface area (Å²) >= 11 is 3.43. The number of aromatic nitrogens is 2. The first-order chi connectivity index (χ1) is 9.79. The molecule has 0 spiro atoms. The molecule has 20 heavy (non-hydrogen) atoms. The van der Waals surface area contributed by atoms with Gasteiger partial charge in [0.05, 0.1) is 11.3 Å². The molecule has 0 saturated heterocycles. The third-order valence-corrected chi connectivity index (χ3v) is 3.73. The molecule has 0 atom stereocenters. The van der Waals surface area contributed by atoms with E-state index in [0.717, 1.165) is 21.4 Å². The molecule has 0 amide bonds. The highest BCUT2D eigenvalue weighted by atomic mass is 79.9. The van der Waals surface area contributed by atoms with Crippen molar-refractivity contribution >= 4 is 15.9 Å². The third-order valence-electron chi connectivity index (χ3n) is 3.08. The summed E-state index contributed by atoms with van der Waals surface area (Å²) < 4.78 is 2.88. The van der Waals surface area contributed by atoms with Gasteiger partial charge in [0.1, 0.15) is 6.07 Å². The van der Waals surface area contributed by atoms with Gasteiger partial charge >= 0.3 is 0 Å². The first kappa shape index (κ1) is 12.6. The molecule has 0 bridgehead atoms. The quantitative estimate of drug-likeness (QED) is 0.710. The maximum Gasteiger partial charge on any atom is 0.100 e. The molecule has 1 aromatic carbocycles. The number of nitrogens with zero attached hydrogens (tertiary/aromatic N) is 3. The van der Waals surface area contributed by atoms with Crippen molar-refractivity contribution in [1.82, 2.24) is 9.55 Å². The van der Waals surface area contributed by atoms with Crippen LogP contribution < -0.4 is 0 Å². The van der Waals surface area contributed by atoms with Gasteiger partial charge in [0.25, 0.3) is 0 Å². The Labute approximate surface area is 125 Å². The van der Waals surface area contributed by atoms with E-state index >= 15 is 0 Å². The van der Waals surface area contributed by atoms with Gasteiger partial charge in [-0.25, -0.2) is 0 Å². The summed E-state index contributed by atoms with van der Waals surface area (Å²) in [6.07, 6.45) is 5.56. The van der Waals surface area contributed by atoms with Gasteiger partial charge in [0.15, 0.2) is 0 Å². The van der Waals surface area contributed by atoms with Crippen molar-refractivity contribution in [2.45, 2.75) is 0 Å². The van der Waals surface area contributed by atoms with Gasteiger partial charge in [-0.2, -0.15) is 5.26 Å². The van der Waals surface area contributed by atoms with Crippen molar-refractivity contribution in [2.24, 2.45) is 0 Å². The molecule has 3 aromatic rings. The molecule has 0 aliphatic carbocycles. The lowest BCUT2D eigenvalue weighted by atomic mass is 10.2. The van der Waals surface area contributed by atoms with E-state index in [1.165, 1.54) is 0 Å². The average molecular weight is 324 g/mol. The minimum atomic E-state index is 0.631. The molecule has 2 heterocycles. The van der Waals surface area contributed by atoms with Crippen molar-refractivity contribution in [3.05, 3.63) is 71.1 Å². The normalized spacial score (nSPS) is 10.2. The van der Waals surface area contributed by atoms with E-state index in [4.69, 9.17) is 5.26 Å². The van der Waals surface area contributed by atoms with E-state index in [9.17, 15) is 0 Å². The Balaban J connectivity index is 2.11. The fraction of sp³-hybridized carbons (Fsp3) is 0. The van der Waals surface area contributed by atoms with Crippen LogP contribution in [0.25, 0.3) is 16.9 Å². The van der Waals surface area contributed by atoms with E-state index < -0.39 is 0 Å².